The first kappa shape index (κ1) is 20.1. The summed E-state index contributed by atoms with van der Waals surface area (Å²) in [5, 5.41) is 0. The first-order valence-electron chi connectivity index (χ1n) is 10.2. The Kier molecular flexibility index (Phi) is 5.25. The van der Waals surface area contributed by atoms with Crippen LogP contribution in [0.1, 0.15) is 27.0 Å². The third-order valence-electron chi connectivity index (χ3n) is 5.56. The molecule has 3 aromatic rings. The molecule has 2 aliphatic heterocycles. The number of hydrogen-bond donors (Lipinski definition) is 0. The quantitative estimate of drug-likeness (QED) is 0.565. The van der Waals surface area contributed by atoms with Gasteiger partial charge in [0.1, 0.15) is 29.7 Å². The molecule has 0 bridgehead atoms. The van der Waals surface area contributed by atoms with Crippen LogP contribution in [0.5, 0.6) is 23.0 Å². The van der Waals surface area contributed by atoms with E-state index in [0.29, 0.717) is 48.2 Å². The minimum atomic E-state index is -0.168. The van der Waals surface area contributed by atoms with Crippen LogP contribution in [0.3, 0.4) is 0 Å². The van der Waals surface area contributed by atoms with E-state index in [1.165, 1.54) is 0 Å². The van der Waals surface area contributed by atoms with Crippen LogP contribution >= 0.6 is 0 Å². The lowest BCUT2D eigenvalue weighted by molar-refractivity contribution is 0.0872. The number of allylic oxidation sites excluding steroid dienone is 1. The van der Waals surface area contributed by atoms with Crippen molar-refractivity contribution in [3.8, 4) is 23.0 Å². The van der Waals surface area contributed by atoms with E-state index < -0.39 is 0 Å². The molecule has 32 heavy (non-hydrogen) atoms. The predicted octanol–water partition coefficient (Wildman–Crippen LogP) is 4.07. The molecule has 2 aliphatic rings. The van der Waals surface area contributed by atoms with Gasteiger partial charge in [-0.3, -0.25) is 14.7 Å². The van der Waals surface area contributed by atoms with Crippen LogP contribution < -0.4 is 18.9 Å². The summed E-state index contributed by atoms with van der Waals surface area (Å²) in [6.45, 7) is 1.79. The molecule has 0 saturated heterocycles. The first-order chi connectivity index (χ1) is 15.7. The number of benzene rings is 2. The number of carbonyl (C=O) groups excluding carboxylic acids is 1. The number of carbonyl (C=O) groups is 1. The maximum atomic E-state index is 13.1. The lowest BCUT2D eigenvalue weighted by atomic mass is 10.0. The Labute approximate surface area is 185 Å². The summed E-state index contributed by atoms with van der Waals surface area (Å²) < 4.78 is 22.8. The van der Waals surface area contributed by atoms with Crippen molar-refractivity contribution in [2.45, 2.75) is 13.1 Å². The maximum absolute atomic E-state index is 13.1. The molecule has 7 nitrogen and oxygen atoms in total. The molecular formula is C25H22N2O5. The van der Waals surface area contributed by atoms with Gasteiger partial charge in [-0.2, -0.15) is 0 Å². The van der Waals surface area contributed by atoms with E-state index in [-0.39, 0.29) is 11.5 Å². The van der Waals surface area contributed by atoms with Gasteiger partial charge >= 0.3 is 0 Å². The minimum absolute atomic E-state index is 0.168. The number of ketones is 1. The zero-order valence-corrected chi connectivity index (χ0v) is 17.8. The molecular weight excluding hydrogens is 408 g/mol. The molecule has 0 saturated carbocycles. The first-order valence-corrected chi connectivity index (χ1v) is 10.2. The van der Waals surface area contributed by atoms with Crippen molar-refractivity contribution in [2.24, 2.45) is 0 Å². The van der Waals surface area contributed by atoms with Gasteiger partial charge in [-0.15, -0.1) is 0 Å². The van der Waals surface area contributed by atoms with Crippen LogP contribution in [0.4, 0.5) is 0 Å². The topological polar surface area (TPSA) is 70.1 Å². The second-order valence-electron chi connectivity index (χ2n) is 7.58. The van der Waals surface area contributed by atoms with Crippen molar-refractivity contribution >= 4 is 11.9 Å². The maximum Gasteiger partial charge on any atom is 0.231 e. The summed E-state index contributed by atoms with van der Waals surface area (Å²) in [6, 6.07) is 13.0. The van der Waals surface area contributed by atoms with E-state index in [2.05, 4.69) is 9.88 Å². The molecule has 3 heterocycles. The molecule has 5 rings (SSSR count). The van der Waals surface area contributed by atoms with Crippen molar-refractivity contribution in [1.82, 2.24) is 9.88 Å². The normalized spacial score (nSPS) is 16.2. The Balaban J connectivity index is 1.45. The van der Waals surface area contributed by atoms with E-state index in [0.717, 1.165) is 16.9 Å². The van der Waals surface area contributed by atoms with Crippen LogP contribution in [-0.2, 0) is 13.1 Å². The number of ether oxygens (including phenoxy) is 4. The molecule has 162 valence electrons. The summed E-state index contributed by atoms with van der Waals surface area (Å²) in [6.07, 6.45) is 5.24. The predicted molar refractivity (Wildman–Crippen MR) is 118 cm³/mol. The van der Waals surface area contributed by atoms with Gasteiger partial charge in [0, 0.05) is 31.0 Å². The number of fused-ring (bicyclic) bond motifs is 3. The van der Waals surface area contributed by atoms with Crippen molar-refractivity contribution in [2.75, 3.05) is 21.0 Å². The lowest BCUT2D eigenvalue weighted by Gasteiger charge is -2.29. The van der Waals surface area contributed by atoms with Crippen molar-refractivity contribution in [3.63, 3.8) is 0 Å². The summed E-state index contributed by atoms with van der Waals surface area (Å²) >= 11 is 0. The number of nitrogens with zero attached hydrogens (tertiary/aromatic N) is 2. The largest absolute Gasteiger partial charge is 0.497 e. The third kappa shape index (κ3) is 3.67. The smallest absolute Gasteiger partial charge is 0.231 e. The second kappa shape index (κ2) is 8.36. The van der Waals surface area contributed by atoms with Gasteiger partial charge in [0.05, 0.1) is 25.3 Å². The van der Waals surface area contributed by atoms with Gasteiger partial charge in [-0.05, 0) is 54.1 Å². The summed E-state index contributed by atoms with van der Waals surface area (Å²) in [5.41, 5.74) is 3.25. The SMILES string of the molecule is COc1ccc(OC)c(/C=C2\Oc3c(ccc4c3CN(Cc3ccncc3)CO4)C2=O)c1. The van der Waals surface area contributed by atoms with Crippen molar-refractivity contribution < 1.29 is 23.7 Å². The molecule has 0 amide bonds. The van der Waals surface area contributed by atoms with Gasteiger partial charge in [-0.1, -0.05) is 0 Å². The van der Waals surface area contributed by atoms with Crippen LogP contribution in [0.25, 0.3) is 6.08 Å². The summed E-state index contributed by atoms with van der Waals surface area (Å²) in [5.74, 6) is 2.66. The van der Waals surface area contributed by atoms with Crippen LogP contribution in [0.2, 0.25) is 0 Å². The van der Waals surface area contributed by atoms with E-state index in [9.17, 15) is 4.79 Å². The molecule has 7 heteroatoms. The Morgan fingerprint density at radius 3 is 2.72 bits per heavy atom. The minimum Gasteiger partial charge on any atom is -0.497 e. The summed E-state index contributed by atoms with van der Waals surface area (Å²) in [7, 11) is 3.18. The third-order valence-corrected chi connectivity index (χ3v) is 5.56. The molecule has 1 aromatic heterocycles. The van der Waals surface area contributed by atoms with Crippen LogP contribution in [-0.4, -0.2) is 36.6 Å². The number of pyridine rings is 1. The fourth-order valence-corrected chi connectivity index (χ4v) is 3.95. The molecule has 0 N–H and O–H groups in total. The second-order valence-corrected chi connectivity index (χ2v) is 7.58. The van der Waals surface area contributed by atoms with Crippen LogP contribution in [0.15, 0.2) is 60.6 Å². The highest BCUT2D eigenvalue weighted by atomic mass is 16.5. The van der Waals surface area contributed by atoms with Crippen molar-refractivity contribution in [1.29, 1.82) is 0 Å². The highest BCUT2D eigenvalue weighted by Crippen LogP contribution is 2.42. The fourth-order valence-electron chi connectivity index (χ4n) is 3.95. The average Bonchev–Trinajstić information content (AvgIpc) is 3.15. The lowest BCUT2D eigenvalue weighted by Crippen LogP contribution is -2.31. The zero-order chi connectivity index (χ0) is 22.1. The zero-order valence-electron chi connectivity index (χ0n) is 17.8. The van der Waals surface area contributed by atoms with Gasteiger partial charge in [0.15, 0.2) is 5.76 Å². The highest BCUT2D eigenvalue weighted by molar-refractivity contribution is 6.15. The Bertz CT molecular complexity index is 1210. The van der Waals surface area contributed by atoms with Gasteiger partial charge in [0.2, 0.25) is 5.78 Å². The average molecular weight is 430 g/mol. The number of aromatic nitrogens is 1. The Hall–Kier alpha value is -3.84. The Morgan fingerprint density at radius 1 is 1.09 bits per heavy atom. The van der Waals surface area contributed by atoms with Crippen molar-refractivity contribution in [3.05, 3.63) is 82.9 Å². The molecule has 0 fully saturated rings. The molecule has 0 unspecified atom stereocenters. The molecule has 0 radical (unpaired) electrons. The summed E-state index contributed by atoms with van der Waals surface area (Å²) in [4.78, 5) is 19.3. The van der Waals surface area contributed by atoms with E-state index in [1.807, 2.05) is 18.2 Å². The Morgan fingerprint density at radius 2 is 1.94 bits per heavy atom. The monoisotopic (exact) mass is 430 g/mol. The fraction of sp³-hybridized carbons (Fsp3) is 0.200. The number of methoxy groups -OCH3 is 2. The number of rotatable bonds is 5. The molecule has 0 aliphatic carbocycles. The molecule has 0 spiro atoms. The van der Waals surface area contributed by atoms with Gasteiger partial charge in [0.25, 0.3) is 0 Å². The molecule has 0 atom stereocenters. The molecule has 2 aromatic carbocycles. The van der Waals surface area contributed by atoms with Gasteiger partial charge in [-0.25, -0.2) is 0 Å². The number of hydrogen-bond acceptors (Lipinski definition) is 7. The van der Waals surface area contributed by atoms with E-state index >= 15 is 0 Å². The standard InChI is InChI=1S/C25H22N2O5/c1-29-18-3-5-21(30-2)17(11-18)12-23-24(28)19-4-6-22-20(25(19)32-23)14-27(15-31-22)13-16-7-9-26-10-8-16/h3-12H,13-15H2,1-2H3/b23-12-. The van der Waals surface area contributed by atoms with E-state index in [1.54, 1.807) is 57.0 Å². The van der Waals surface area contributed by atoms with Crippen LogP contribution in [0, 0.1) is 0 Å². The number of Topliss-reactive ketones (excluding diaryl/α,β-unsaturated/α-hetero) is 1. The van der Waals surface area contributed by atoms with Gasteiger partial charge < -0.3 is 18.9 Å². The van der Waals surface area contributed by atoms with E-state index in [4.69, 9.17) is 18.9 Å². The highest BCUT2D eigenvalue weighted by Gasteiger charge is 2.33.